The minimum Gasteiger partial charge on any atom is -0.299 e. The van der Waals surface area contributed by atoms with Crippen molar-refractivity contribution in [3.8, 4) is 0 Å². The van der Waals surface area contributed by atoms with Gasteiger partial charge in [-0.2, -0.15) is 0 Å². The van der Waals surface area contributed by atoms with Gasteiger partial charge in [0.1, 0.15) is 5.78 Å². The van der Waals surface area contributed by atoms with Crippen molar-refractivity contribution < 1.29 is 4.79 Å². The van der Waals surface area contributed by atoms with E-state index >= 15 is 0 Å². The minimum absolute atomic E-state index is 0.0411. The van der Waals surface area contributed by atoms with E-state index in [2.05, 4.69) is 27.7 Å². The van der Waals surface area contributed by atoms with Crippen LogP contribution in [0.4, 0.5) is 0 Å². The normalized spacial score (nSPS) is 48.7. The third-order valence-electron chi connectivity index (χ3n) is 7.92. The SMILES string of the molecule is CCC1([C@@H]2C[C@H]3CC[C@]2(C)C3(C)C)CCCCC1=O. The zero-order valence-electron chi connectivity index (χ0n) is 13.2. The Morgan fingerprint density at radius 3 is 2.37 bits per heavy atom. The van der Waals surface area contributed by atoms with Crippen LogP contribution >= 0.6 is 0 Å². The Balaban J connectivity index is 2.00. The van der Waals surface area contributed by atoms with Crippen molar-refractivity contribution in [3.63, 3.8) is 0 Å². The maximum atomic E-state index is 12.8. The molecule has 3 aliphatic rings. The van der Waals surface area contributed by atoms with Crippen molar-refractivity contribution in [2.75, 3.05) is 0 Å². The van der Waals surface area contributed by atoms with E-state index in [1.54, 1.807) is 0 Å². The number of carbonyl (C=O) groups is 1. The van der Waals surface area contributed by atoms with Crippen molar-refractivity contribution in [1.82, 2.24) is 0 Å². The summed E-state index contributed by atoms with van der Waals surface area (Å²) in [6.45, 7) is 9.72. The summed E-state index contributed by atoms with van der Waals surface area (Å²) in [5, 5.41) is 0. The molecule has 0 aromatic carbocycles. The summed E-state index contributed by atoms with van der Waals surface area (Å²) in [5.41, 5.74) is 0.887. The molecule has 0 saturated heterocycles. The van der Waals surface area contributed by atoms with E-state index < -0.39 is 0 Å². The molecule has 0 aliphatic heterocycles. The molecule has 1 heteroatoms. The van der Waals surface area contributed by atoms with Gasteiger partial charge in [0.25, 0.3) is 0 Å². The molecule has 3 aliphatic carbocycles. The van der Waals surface area contributed by atoms with Crippen LogP contribution in [-0.2, 0) is 4.79 Å². The Morgan fingerprint density at radius 1 is 1.16 bits per heavy atom. The highest BCUT2D eigenvalue weighted by Gasteiger charge is 2.66. The fourth-order valence-electron chi connectivity index (χ4n) is 6.14. The second kappa shape index (κ2) is 4.09. The fraction of sp³-hybridized carbons (Fsp3) is 0.944. The average Bonchev–Trinajstić information content (AvgIpc) is 2.72. The van der Waals surface area contributed by atoms with Crippen molar-refractivity contribution >= 4 is 5.78 Å². The molecular weight excluding hydrogens is 232 g/mol. The summed E-state index contributed by atoms with van der Waals surface area (Å²) in [7, 11) is 0. The summed E-state index contributed by atoms with van der Waals surface area (Å²) in [5.74, 6) is 2.13. The number of fused-ring (bicyclic) bond motifs is 2. The Kier molecular flexibility index (Phi) is 2.93. The van der Waals surface area contributed by atoms with E-state index in [-0.39, 0.29) is 5.41 Å². The lowest BCUT2D eigenvalue weighted by molar-refractivity contribution is -0.140. The molecule has 0 aromatic heterocycles. The topological polar surface area (TPSA) is 17.1 Å². The summed E-state index contributed by atoms with van der Waals surface area (Å²) in [6, 6.07) is 0. The molecule has 0 radical (unpaired) electrons. The Morgan fingerprint density at radius 2 is 1.89 bits per heavy atom. The molecule has 0 amide bonds. The molecule has 0 spiro atoms. The predicted octanol–water partition coefficient (Wildman–Crippen LogP) is 4.99. The average molecular weight is 262 g/mol. The van der Waals surface area contributed by atoms with E-state index in [1.165, 1.54) is 32.1 Å². The lowest BCUT2D eigenvalue weighted by atomic mass is 9.53. The summed E-state index contributed by atoms with van der Waals surface area (Å²) in [4.78, 5) is 12.8. The number of hydrogen-bond acceptors (Lipinski definition) is 1. The fourth-order valence-corrected chi connectivity index (χ4v) is 6.14. The number of rotatable bonds is 2. The van der Waals surface area contributed by atoms with Crippen LogP contribution in [0, 0.1) is 28.1 Å². The van der Waals surface area contributed by atoms with Gasteiger partial charge in [0.2, 0.25) is 0 Å². The van der Waals surface area contributed by atoms with E-state index in [0.29, 0.717) is 22.5 Å². The van der Waals surface area contributed by atoms with Gasteiger partial charge in [0, 0.05) is 11.8 Å². The van der Waals surface area contributed by atoms with Crippen molar-refractivity contribution in [2.24, 2.45) is 28.1 Å². The van der Waals surface area contributed by atoms with Gasteiger partial charge in [-0.15, -0.1) is 0 Å². The molecule has 1 unspecified atom stereocenters. The van der Waals surface area contributed by atoms with E-state index in [4.69, 9.17) is 0 Å². The van der Waals surface area contributed by atoms with Gasteiger partial charge in [0.15, 0.2) is 0 Å². The third kappa shape index (κ3) is 1.51. The summed E-state index contributed by atoms with van der Waals surface area (Å²) in [6.07, 6.45) is 9.58. The van der Waals surface area contributed by atoms with E-state index in [1.807, 2.05) is 0 Å². The highest BCUT2D eigenvalue weighted by molar-refractivity contribution is 5.86. The van der Waals surface area contributed by atoms with Crippen LogP contribution in [-0.4, -0.2) is 5.78 Å². The van der Waals surface area contributed by atoms with Gasteiger partial charge in [-0.1, -0.05) is 34.1 Å². The van der Waals surface area contributed by atoms with Gasteiger partial charge in [-0.3, -0.25) is 4.79 Å². The Bertz CT molecular complexity index is 396. The van der Waals surface area contributed by atoms with Crippen molar-refractivity contribution in [1.29, 1.82) is 0 Å². The van der Waals surface area contributed by atoms with Crippen LogP contribution in [0.25, 0.3) is 0 Å². The molecule has 0 heterocycles. The Hall–Kier alpha value is -0.330. The first-order valence-corrected chi connectivity index (χ1v) is 8.42. The minimum atomic E-state index is 0.0411. The summed E-state index contributed by atoms with van der Waals surface area (Å²) < 4.78 is 0. The highest BCUT2D eigenvalue weighted by atomic mass is 16.1. The number of Topliss-reactive ketones (excluding diaryl/α,β-unsaturated/α-hetero) is 1. The monoisotopic (exact) mass is 262 g/mol. The summed E-state index contributed by atoms with van der Waals surface area (Å²) >= 11 is 0. The second-order valence-corrected chi connectivity index (χ2v) is 8.30. The van der Waals surface area contributed by atoms with Crippen LogP contribution in [0.1, 0.15) is 79.1 Å². The number of hydrogen-bond donors (Lipinski definition) is 0. The molecule has 3 fully saturated rings. The largest absolute Gasteiger partial charge is 0.299 e. The molecule has 19 heavy (non-hydrogen) atoms. The zero-order valence-corrected chi connectivity index (χ0v) is 13.2. The van der Waals surface area contributed by atoms with Gasteiger partial charge in [-0.25, -0.2) is 0 Å². The first-order valence-electron chi connectivity index (χ1n) is 8.42. The zero-order chi connectivity index (χ0) is 13.9. The van der Waals surface area contributed by atoms with Crippen LogP contribution in [0.2, 0.25) is 0 Å². The molecule has 108 valence electrons. The maximum absolute atomic E-state index is 12.8. The first-order chi connectivity index (χ1) is 8.88. The highest BCUT2D eigenvalue weighted by Crippen LogP contribution is 2.72. The maximum Gasteiger partial charge on any atom is 0.139 e. The van der Waals surface area contributed by atoms with Crippen LogP contribution in [0.5, 0.6) is 0 Å². The molecule has 4 atom stereocenters. The van der Waals surface area contributed by atoms with Gasteiger partial charge >= 0.3 is 0 Å². The molecule has 0 aromatic rings. The van der Waals surface area contributed by atoms with E-state index in [9.17, 15) is 4.79 Å². The standard InChI is InChI=1S/C18H30O/c1-5-18(10-7-6-8-15(18)19)14-12-13-9-11-17(14,4)16(13,2)3/h13-14H,5-12H2,1-4H3/t13-,14-,17+,18?/m1/s1. The van der Waals surface area contributed by atoms with Crippen LogP contribution < -0.4 is 0 Å². The molecule has 2 bridgehead atoms. The molecule has 1 nitrogen and oxygen atoms in total. The molecule has 3 rings (SSSR count). The quantitative estimate of drug-likeness (QED) is 0.685. The molecule has 0 N–H and O–H groups in total. The van der Waals surface area contributed by atoms with Gasteiger partial charge in [0.05, 0.1) is 0 Å². The smallest absolute Gasteiger partial charge is 0.139 e. The number of carbonyl (C=O) groups excluding carboxylic acids is 1. The third-order valence-corrected chi connectivity index (χ3v) is 7.92. The van der Waals surface area contributed by atoms with Gasteiger partial charge < -0.3 is 0 Å². The molecular formula is C18H30O. The molecule has 3 saturated carbocycles. The number of ketones is 1. The first kappa shape index (κ1) is 13.6. The lowest BCUT2D eigenvalue weighted by Crippen LogP contribution is -2.48. The second-order valence-electron chi connectivity index (χ2n) is 8.30. The Labute approximate surface area is 118 Å². The lowest BCUT2D eigenvalue weighted by Gasteiger charge is -2.50. The van der Waals surface area contributed by atoms with Crippen molar-refractivity contribution in [3.05, 3.63) is 0 Å². The van der Waals surface area contributed by atoms with Crippen LogP contribution in [0.3, 0.4) is 0 Å². The van der Waals surface area contributed by atoms with Crippen molar-refractivity contribution in [2.45, 2.75) is 79.1 Å². The predicted molar refractivity (Wildman–Crippen MR) is 78.9 cm³/mol. The van der Waals surface area contributed by atoms with Gasteiger partial charge in [-0.05, 0) is 61.2 Å². The van der Waals surface area contributed by atoms with E-state index in [0.717, 1.165) is 25.2 Å². The van der Waals surface area contributed by atoms with Crippen LogP contribution in [0.15, 0.2) is 0 Å².